The minimum absolute atomic E-state index is 0.124. The standard InChI is InChI=1S/C15H13ClN2O3/c1-10(19)13-5-4-12(7-14(13)16)18-15(20)21-9-11-3-2-6-17-8-11/h2-8H,9H2,1H3,(H,18,20). The second kappa shape index (κ2) is 6.85. The predicted octanol–water partition coefficient (Wildman–Crippen LogP) is 3.69. The molecular weight excluding hydrogens is 292 g/mol. The van der Waals surface area contributed by atoms with Gasteiger partial charge in [-0.2, -0.15) is 0 Å². The summed E-state index contributed by atoms with van der Waals surface area (Å²) in [6, 6.07) is 8.22. The minimum atomic E-state index is -0.606. The Kier molecular flexibility index (Phi) is 4.90. The third-order valence-corrected chi connectivity index (χ3v) is 3.00. The van der Waals surface area contributed by atoms with Crippen LogP contribution in [-0.4, -0.2) is 16.9 Å². The number of aromatic nitrogens is 1. The summed E-state index contributed by atoms with van der Waals surface area (Å²) in [4.78, 5) is 26.8. The lowest BCUT2D eigenvalue weighted by atomic mass is 10.1. The quantitative estimate of drug-likeness (QED) is 0.875. The number of rotatable bonds is 4. The number of amides is 1. The van der Waals surface area contributed by atoms with Crippen molar-refractivity contribution in [3.63, 3.8) is 0 Å². The molecule has 0 saturated carbocycles. The van der Waals surface area contributed by atoms with E-state index in [2.05, 4.69) is 10.3 Å². The smallest absolute Gasteiger partial charge is 0.411 e. The molecule has 21 heavy (non-hydrogen) atoms. The summed E-state index contributed by atoms with van der Waals surface area (Å²) >= 11 is 5.96. The van der Waals surface area contributed by atoms with Crippen LogP contribution in [0.5, 0.6) is 0 Å². The van der Waals surface area contributed by atoms with Gasteiger partial charge < -0.3 is 4.74 Å². The number of hydrogen-bond acceptors (Lipinski definition) is 4. The SMILES string of the molecule is CC(=O)c1ccc(NC(=O)OCc2cccnc2)cc1Cl. The Balaban J connectivity index is 1.94. The Morgan fingerprint density at radius 3 is 2.76 bits per heavy atom. The first kappa shape index (κ1) is 15.0. The zero-order valence-electron chi connectivity index (χ0n) is 11.3. The van der Waals surface area contributed by atoms with Gasteiger partial charge in [0.2, 0.25) is 0 Å². The Labute approximate surface area is 126 Å². The van der Waals surface area contributed by atoms with Gasteiger partial charge in [-0.3, -0.25) is 15.1 Å². The van der Waals surface area contributed by atoms with Gasteiger partial charge in [0.1, 0.15) is 6.61 Å². The molecule has 0 radical (unpaired) electrons. The number of anilines is 1. The summed E-state index contributed by atoms with van der Waals surface area (Å²) in [5.74, 6) is -0.134. The van der Waals surface area contributed by atoms with E-state index in [-0.39, 0.29) is 17.4 Å². The van der Waals surface area contributed by atoms with Crippen LogP contribution in [0, 0.1) is 0 Å². The molecule has 2 rings (SSSR count). The molecule has 1 amide bonds. The molecule has 5 nitrogen and oxygen atoms in total. The van der Waals surface area contributed by atoms with Crippen molar-refractivity contribution in [2.75, 3.05) is 5.32 Å². The average molecular weight is 305 g/mol. The molecule has 0 aliphatic heterocycles. The molecule has 0 aliphatic carbocycles. The topological polar surface area (TPSA) is 68.3 Å². The fourth-order valence-electron chi connectivity index (χ4n) is 1.66. The molecule has 0 saturated heterocycles. The van der Waals surface area contributed by atoms with Crippen molar-refractivity contribution >= 4 is 29.2 Å². The largest absolute Gasteiger partial charge is 0.444 e. The molecule has 2 aromatic rings. The normalized spacial score (nSPS) is 10.0. The van der Waals surface area contributed by atoms with Crippen molar-refractivity contribution in [1.29, 1.82) is 0 Å². The number of ketones is 1. The predicted molar refractivity (Wildman–Crippen MR) is 79.5 cm³/mol. The van der Waals surface area contributed by atoms with Crippen LogP contribution >= 0.6 is 11.6 Å². The van der Waals surface area contributed by atoms with Gasteiger partial charge in [-0.1, -0.05) is 17.7 Å². The molecular formula is C15H13ClN2O3. The van der Waals surface area contributed by atoms with E-state index in [1.807, 2.05) is 0 Å². The third kappa shape index (κ3) is 4.29. The molecule has 0 aliphatic rings. The van der Waals surface area contributed by atoms with Gasteiger partial charge in [-0.15, -0.1) is 0 Å². The van der Waals surface area contributed by atoms with Gasteiger partial charge in [0.05, 0.1) is 5.02 Å². The molecule has 0 bridgehead atoms. The lowest BCUT2D eigenvalue weighted by molar-refractivity contribution is 0.101. The lowest BCUT2D eigenvalue weighted by Crippen LogP contribution is -2.13. The van der Waals surface area contributed by atoms with Gasteiger partial charge in [0.25, 0.3) is 0 Å². The van der Waals surface area contributed by atoms with E-state index >= 15 is 0 Å². The number of Topliss-reactive ketones (excluding diaryl/α,β-unsaturated/α-hetero) is 1. The van der Waals surface area contributed by atoms with Crippen molar-refractivity contribution in [3.05, 3.63) is 58.9 Å². The van der Waals surface area contributed by atoms with Gasteiger partial charge >= 0.3 is 6.09 Å². The first-order chi connectivity index (χ1) is 10.1. The summed E-state index contributed by atoms with van der Waals surface area (Å²) < 4.78 is 5.05. The maximum absolute atomic E-state index is 11.7. The van der Waals surface area contributed by atoms with Crippen LogP contribution in [0.3, 0.4) is 0 Å². The number of halogens is 1. The van der Waals surface area contributed by atoms with Crippen LogP contribution in [-0.2, 0) is 11.3 Å². The molecule has 1 heterocycles. The monoisotopic (exact) mass is 304 g/mol. The number of nitrogens with zero attached hydrogens (tertiary/aromatic N) is 1. The van der Waals surface area contributed by atoms with E-state index in [9.17, 15) is 9.59 Å². The van der Waals surface area contributed by atoms with Gasteiger partial charge in [0, 0.05) is 29.2 Å². The molecule has 1 aromatic carbocycles. The van der Waals surface area contributed by atoms with Crippen LogP contribution in [0.25, 0.3) is 0 Å². The van der Waals surface area contributed by atoms with Crippen molar-refractivity contribution in [3.8, 4) is 0 Å². The second-order valence-electron chi connectivity index (χ2n) is 4.31. The Morgan fingerprint density at radius 1 is 1.33 bits per heavy atom. The van der Waals surface area contributed by atoms with Crippen molar-refractivity contribution in [2.24, 2.45) is 0 Å². The number of pyridine rings is 1. The first-order valence-electron chi connectivity index (χ1n) is 6.19. The second-order valence-corrected chi connectivity index (χ2v) is 4.72. The highest BCUT2D eigenvalue weighted by Crippen LogP contribution is 2.21. The number of benzene rings is 1. The maximum atomic E-state index is 11.7. The van der Waals surface area contributed by atoms with Crippen LogP contribution in [0.4, 0.5) is 10.5 Å². The van der Waals surface area contributed by atoms with Gasteiger partial charge in [-0.25, -0.2) is 4.79 Å². The summed E-state index contributed by atoms with van der Waals surface area (Å²) in [5, 5.41) is 2.83. The number of ether oxygens (including phenoxy) is 1. The van der Waals surface area contributed by atoms with Crippen LogP contribution in [0.1, 0.15) is 22.8 Å². The van der Waals surface area contributed by atoms with Crippen LogP contribution in [0.2, 0.25) is 5.02 Å². The van der Waals surface area contributed by atoms with E-state index in [1.54, 1.807) is 36.7 Å². The van der Waals surface area contributed by atoms with Crippen molar-refractivity contribution in [2.45, 2.75) is 13.5 Å². The zero-order valence-corrected chi connectivity index (χ0v) is 12.1. The number of hydrogen-bond donors (Lipinski definition) is 1. The highest BCUT2D eigenvalue weighted by Gasteiger charge is 2.09. The Morgan fingerprint density at radius 2 is 2.14 bits per heavy atom. The van der Waals surface area contributed by atoms with Crippen molar-refractivity contribution in [1.82, 2.24) is 4.98 Å². The summed E-state index contributed by atoms with van der Waals surface area (Å²) in [7, 11) is 0. The molecule has 0 atom stereocenters. The van der Waals surface area contributed by atoms with E-state index in [1.165, 1.54) is 13.0 Å². The van der Waals surface area contributed by atoms with Gasteiger partial charge in [0.15, 0.2) is 5.78 Å². The Hall–Kier alpha value is -2.40. The Bertz CT molecular complexity index is 659. The highest BCUT2D eigenvalue weighted by molar-refractivity contribution is 6.34. The van der Waals surface area contributed by atoms with E-state index in [0.717, 1.165) is 5.56 Å². The maximum Gasteiger partial charge on any atom is 0.411 e. The molecule has 0 unspecified atom stereocenters. The van der Waals surface area contributed by atoms with E-state index < -0.39 is 6.09 Å². The summed E-state index contributed by atoms with van der Waals surface area (Å²) in [5.41, 5.74) is 1.66. The van der Waals surface area contributed by atoms with Crippen molar-refractivity contribution < 1.29 is 14.3 Å². The highest BCUT2D eigenvalue weighted by atomic mass is 35.5. The number of nitrogens with one attached hydrogen (secondary N) is 1. The summed E-state index contributed by atoms with van der Waals surface area (Å²) in [6.45, 7) is 1.55. The zero-order chi connectivity index (χ0) is 15.2. The number of carbonyl (C=O) groups excluding carboxylic acids is 2. The fourth-order valence-corrected chi connectivity index (χ4v) is 1.98. The molecule has 1 N–H and O–H groups in total. The minimum Gasteiger partial charge on any atom is -0.444 e. The summed E-state index contributed by atoms with van der Waals surface area (Å²) in [6.07, 6.45) is 2.65. The average Bonchev–Trinajstić information content (AvgIpc) is 2.46. The van der Waals surface area contributed by atoms with Crippen LogP contribution < -0.4 is 5.32 Å². The molecule has 6 heteroatoms. The van der Waals surface area contributed by atoms with E-state index in [4.69, 9.17) is 16.3 Å². The van der Waals surface area contributed by atoms with Crippen LogP contribution in [0.15, 0.2) is 42.7 Å². The molecule has 0 spiro atoms. The molecule has 108 valence electrons. The lowest BCUT2D eigenvalue weighted by Gasteiger charge is -2.08. The van der Waals surface area contributed by atoms with Gasteiger partial charge in [-0.05, 0) is 31.2 Å². The molecule has 0 fully saturated rings. The molecule has 1 aromatic heterocycles. The number of carbonyl (C=O) groups is 2. The fraction of sp³-hybridized carbons (Fsp3) is 0.133. The third-order valence-electron chi connectivity index (χ3n) is 2.69. The first-order valence-corrected chi connectivity index (χ1v) is 6.57. The van der Waals surface area contributed by atoms with E-state index in [0.29, 0.717) is 11.3 Å².